The lowest BCUT2D eigenvalue weighted by Gasteiger charge is -2.41. The predicted molar refractivity (Wildman–Crippen MR) is 132 cm³/mol. The Bertz CT molecular complexity index is 1060. The van der Waals surface area contributed by atoms with Crippen molar-refractivity contribution in [3.8, 4) is 5.75 Å². The molecule has 7 nitrogen and oxygen atoms in total. The molecule has 2 aromatic carbocycles. The SMILES string of the molecule is CCOc1ccc([C@@H](c2nnnn2C(C)(C)C)N2CCN(c3cccc(C)c3C)CC2)cc1. The van der Waals surface area contributed by atoms with Crippen molar-refractivity contribution in [2.75, 3.05) is 37.7 Å². The van der Waals surface area contributed by atoms with Crippen LogP contribution in [0.25, 0.3) is 0 Å². The van der Waals surface area contributed by atoms with Crippen LogP contribution in [0.2, 0.25) is 0 Å². The Balaban J connectivity index is 1.63. The van der Waals surface area contributed by atoms with E-state index in [9.17, 15) is 0 Å². The van der Waals surface area contributed by atoms with Crippen molar-refractivity contribution in [2.45, 2.75) is 53.1 Å². The first kappa shape index (κ1) is 23.2. The first-order valence-corrected chi connectivity index (χ1v) is 11.9. The number of anilines is 1. The molecule has 0 spiro atoms. The van der Waals surface area contributed by atoms with Crippen LogP contribution >= 0.6 is 0 Å². The minimum Gasteiger partial charge on any atom is -0.494 e. The molecule has 4 rings (SSSR count). The summed E-state index contributed by atoms with van der Waals surface area (Å²) in [5.74, 6) is 1.77. The minimum absolute atomic E-state index is 0.0179. The number of rotatable bonds is 6. The molecule has 0 saturated carbocycles. The molecule has 0 radical (unpaired) electrons. The van der Waals surface area contributed by atoms with Gasteiger partial charge in [-0.1, -0.05) is 24.3 Å². The monoisotopic (exact) mass is 448 g/mol. The lowest BCUT2D eigenvalue weighted by atomic mass is 10.0. The summed E-state index contributed by atoms with van der Waals surface area (Å²) in [6.45, 7) is 17.3. The molecule has 1 aliphatic rings. The molecular weight excluding hydrogens is 412 g/mol. The lowest BCUT2D eigenvalue weighted by Crippen LogP contribution is -2.49. The second-order valence-electron chi connectivity index (χ2n) is 9.77. The van der Waals surface area contributed by atoms with Crippen molar-refractivity contribution in [3.05, 3.63) is 65.0 Å². The van der Waals surface area contributed by atoms with E-state index in [1.165, 1.54) is 22.4 Å². The van der Waals surface area contributed by atoms with Gasteiger partial charge in [-0.05, 0) is 86.9 Å². The summed E-state index contributed by atoms with van der Waals surface area (Å²) in [6.07, 6.45) is 0. The Labute approximate surface area is 197 Å². The second-order valence-corrected chi connectivity index (χ2v) is 9.77. The fourth-order valence-corrected chi connectivity index (χ4v) is 4.58. The third kappa shape index (κ3) is 4.88. The summed E-state index contributed by atoms with van der Waals surface area (Å²) < 4.78 is 7.64. The normalized spacial score (nSPS) is 16.1. The van der Waals surface area contributed by atoms with Gasteiger partial charge in [0.15, 0.2) is 5.82 Å². The fraction of sp³-hybridized carbons (Fsp3) is 0.500. The maximum absolute atomic E-state index is 5.67. The molecule has 7 heteroatoms. The molecular formula is C26H36N6O. The topological polar surface area (TPSA) is 59.3 Å². The summed E-state index contributed by atoms with van der Waals surface area (Å²) in [7, 11) is 0. The van der Waals surface area contributed by atoms with Gasteiger partial charge in [0.25, 0.3) is 0 Å². The van der Waals surface area contributed by atoms with Gasteiger partial charge in [0, 0.05) is 31.9 Å². The highest BCUT2D eigenvalue weighted by atomic mass is 16.5. The van der Waals surface area contributed by atoms with Crippen LogP contribution in [0.5, 0.6) is 5.75 Å². The Morgan fingerprint density at radius 3 is 2.30 bits per heavy atom. The highest BCUT2D eigenvalue weighted by Gasteiger charge is 2.33. The number of aromatic nitrogens is 4. The Morgan fingerprint density at radius 1 is 0.970 bits per heavy atom. The molecule has 0 aliphatic carbocycles. The number of piperazine rings is 1. The van der Waals surface area contributed by atoms with E-state index in [1.54, 1.807) is 0 Å². The van der Waals surface area contributed by atoms with Gasteiger partial charge in [-0.3, -0.25) is 4.90 Å². The summed E-state index contributed by atoms with van der Waals surface area (Å²) >= 11 is 0. The van der Waals surface area contributed by atoms with Crippen LogP contribution in [0.1, 0.15) is 56.3 Å². The van der Waals surface area contributed by atoms with Crippen LogP contribution in [0.15, 0.2) is 42.5 Å². The second kappa shape index (κ2) is 9.51. The predicted octanol–water partition coefficient (Wildman–Crippen LogP) is 4.36. The van der Waals surface area contributed by atoms with Crippen molar-refractivity contribution in [1.82, 2.24) is 25.1 Å². The van der Waals surface area contributed by atoms with Gasteiger partial charge in [0.2, 0.25) is 0 Å². The third-order valence-electron chi connectivity index (χ3n) is 6.48. The molecule has 1 atom stereocenters. The van der Waals surface area contributed by atoms with E-state index in [2.05, 4.69) is 90.3 Å². The van der Waals surface area contributed by atoms with Crippen molar-refractivity contribution < 1.29 is 4.74 Å². The fourth-order valence-electron chi connectivity index (χ4n) is 4.58. The van der Waals surface area contributed by atoms with Crippen LogP contribution < -0.4 is 9.64 Å². The summed E-state index contributed by atoms with van der Waals surface area (Å²) in [4.78, 5) is 5.01. The zero-order valence-corrected chi connectivity index (χ0v) is 20.7. The van der Waals surface area contributed by atoms with Crippen molar-refractivity contribution in [1.29, 1.82) is 0 Å². The number of hydrogen-bond acceptors (Lipinski definition) is 6. The van der Waals surface area contributed by atoms with E-state index >= 15 is 0 Å². The standard InChI is InChI=1S/C26H36N6O/c1-7-33-22-13-11-21(12-14-22)24(25-27-28-29-32(25)26(4,5)6)31-17-15-30(16-18-31)23-10-8-9-19(2)20(23)3/h8-14,24H,7,15-18H2,1-6H3/t24-/m0/s1. The van der Waals surface area contributed by atoms with E-state index < -0.39 is 0 Å². The number of tetrazole rings is 1. The molecule has 0 N–H and O–H groups in total. The highest BCUT2D eigenvalue weighted by Crippen LogP contribution is 2.33. The Hall–Kier alpha value is -2.93. The summed E-state index contributed by atoms with van der Waals surface area (Å²) in [5, 5.41) is 12.9. The number of hydrogen-bond donors (Lipinski definition) is 0. The van der Waals surface area contributed by atoms with E-state index in [0.29, 0.717) is 6.61 Å². The number of ether oxygens (including phenoxy) is 1. The smallest absolute Gasteiger partial charge is 0.173 e. The van der Waals surface area contributed by atoms with Gasteiger partial charge < -0.3 is 9.64 Å². The van der Waals surface area contributed by atoms with Gasteiger partial charge >= 0.3 is 0 Å². The van der Waals surface area contributed by atoms with Gasteiger partial charge in [0.05, 0.1) is 18.2 Å². The van der Waals surface area contributed by atoms with Crippen LogP contribution in [0, 0.1) is 13.8 Å². The largest absolute Gasteiger partial charge is 0.494 e. The molecule has 33 heavy (non-hydrogen) atoms. The molecule has 1 aromatic heterocycles. The molecule has 2 heterocycles. The Kier molecular flexibility index (Phi) is 6.70. The number of benzene rings is 2. The quantitative estimate of drug-likeness (QED) is 0.559. The van der Waals surface area contributed by atoms with Crippen LogP contribution in [-0.4, -0.2) is 57.9 Å². The number of aryl methyl sites for hydroxylation is 1. The molecule has 176 valence electrons. The number of nitrogens with zero attached hydrogens (tertiary/aromatic N) is 6. The van der Waals surface area contributed by atoms with Crippen molar-refractivity contribution >= 4 is 5.69 Å². The molecule has 3 aromatic rings. The average Bonchev–Trinajstić information content (AvgIpc) is 3.28. The van der Waals surface area contributed by atoms with Gasteiger partial charge in [-0.25, -0.2) is 4.68 Å². The molecule has 0 bridgehead atoms. The molecule has 0 amide bonds. The maximum Gasteiger partial charge on any atom is 0.173 e. The van der Waals surface area contributed by atoms with E-state index in [0.717, 1.165) is 37.8 Å². The molecule has 1 aliphatic heterocycles. The van der Waals surface area contributed by atoms with Crippen LogP contribution in [0.3, 0.4) is 0 Å². The van der Waals surface area contributed by atoms with E-state index in [-0.39, 0.29) is 11.6 Å². The highest BCUT2D eigenvalue weighted by molar-refractivity contribution is 5.56. The maximum atomic E-state index is 5.67. The van der Waals surface area contributed by atoms with E-state index in [4.69, 9.17) is 4.74 Å². The van der Waals surface area contributed by atoms with E-state index in [1.807, 2.05) is 23.7 Å². The third-order valence-corrected chi connectivity index (χ3v) is 6.48. The van der Waals surface area contributed by atoms with Gasteiger partial charge in [0.1, 0.15) is 5.75 Å². The lowest BCUT2D eigenvalue weighted by molar-refractivity contribution is 0.191. The van der Waals surface area contributed by atoms with Gasteiger partial charge in [-0.2, -0.15) is 0 Å². The van der Waals surface area contributed by atoms with Crippen LogP contribution in [-0.2, 0) is 5.54 Å². The average molecular weight is 449 g/mol. The first-order chi connectivity index (χ1) is 15.8. The van der Waals surface area contributed by atoms with Crippen LogP contribution in [0.4, 0.5) is 5.69 Å². The minimum atomic E-state index is -0.206. The summed E-state index contributed by atoms with van der Waals surface area (Å²) in [6, 6.07) is 14.9. The van der Waals surface area contributed by atoms with Gasteiger partial charge in [-0.15, -0.1) is 5.10 Å². The molecule has 1 fully saturated rings. The first-order valence-electron chi connectivity index (χ1n) is 11.9. The molecule has 0 unspecified atom stereocenters. The zero-order valence-electron chi connectivity index (χ0n) is 20.7. The zero-order chi connectivity index (χ0) is 23.6. The molecule has 1 saturated heterocycles. The van der Waals surface area contributed by atoms with Crippen molar-refractivity contribution in [2.24, 2.45) is 0 Å². The summed E-state index contributed by atoms with van der Waals surface area (Å²) in [5.41, 5.74) is 5.02. The van der Waals surface area contributed by atoms with Crippen molar-refractivity contribution in [3.63, 3.8) is 0 Å². The Morgan fingerprint density at radius 2 is 1.67 bits per heavy atom.